The van der Waals surface area contributed by atoms with Gasteiger partial charge in [-0.05, 0) is 37.4 Å². The number of hydrogen-bond donors (Lipinski definition) is 1. The van der Waals surface area contributed by atoms with E-state index in [9.17, 15) is 0 Å². The third-order valence-corrected chi connectivity index (χ3v) is 4.44. The van der Waals surface area contributed by atoms with Crippen molar-refractivity contribution in [3.8, 4) is 5.69 Å². The van der Waals surface area contributed by atoms with Crippen LogP contribution in [0.4, 0.5) is 0 Å². The lowest BCUT2D eigenvalue weighted by molar-refractivity contribution is 0.268. The van der Waals surface area contributed by atoms with Crippen molar-refractivity contribution in [2.75, 3.05) is 6.54 Å². The van der Waals surface area contributed by atoms with Gasteiger partial charge in [-0.25, -0.2) is 4.68 Å². The Labute approximate surface area is 126 Å². The fraction of sp³-hybridized carbons (Fsp3) is 0.529. The zero-order valence-electron chi connectivity index (χ0n) is 12.7. The maximum Gasteiger partial charge on any atom is 0.0818 e. The Morgan fingerprint density at radius 2 is 1.95 bits per heavy atom. The van der Waals surface area contributed by atoms with Gasteiger partial charge in [0.05, 0.1) is 23.6 Å². The molecule has 1 aromatic heterocycles. The minimum Gasteiger partial charge on any atom is -0.309 e. The van der Waals surface area contributed by atoms with E-state index in [1.54, 1.807) is 0 Å². The van der Waals surface area contributed by atoms with E-state index in [0.29, 0.717) is 12.0 Å². The Bertz CT molecular complexity index is 543. The molecule has 1 atom stereocenters. The average Bonchev–Trinajstić information content (AvgIpc) is 3.03. The second-order valence-corrected chi connectivity index (χ2v) is 5.84. The first kappa shape index (κ1) is 14.3. The quantitative estimate of drug-likeness (QED) is 0.914. The number of para-hydroxylation sites is 1. The molecule has 1 aliphatic carbocycles. The second-order valence-electron chi connectivity index (χ2n) is 5.84. The third kappa shape index (κ3) is 3.16. The molecule has 3 rings (SSSR count). The van der Waals surface area contributed by atoms with Gasteiger partial charge >= 0.3 is 0 Å². The van der Waals surface area contributed by atoms with Crippen molar-refractivity contribution in [3.05, 3.63) is 42.2 Å². The number of nitrogens with one attached hydrogen (secondary N) is 1. The lowest BCUT2D eigenvalue weighted by Crippen LogP contribution is -2.31. The van der Waals surface area contributed by atoms with Crippen LogP contribution >= 0.6 is 0 Å². The molecule has 0 saturated heterocycles. The van der Waals surface area contributed by atoms with Gasteiger partial charge in [0, 0.05) is 0 Å². The van der Waals surface area contributed by atoms with Crippen molar-refractivity contribution in [3.63, 3.8) is 0 Å². The van der Waals surface area contributed by atoms with Crippen LogP contribution in [0.15, 0.2) is 36.5 Å². The first-order chi connectivity index (χ1) is 10.4. The smallest absolute Gasteiger partial charge is 0.0818 e. The van der Waals surface area contributed by atoms with E-state index in [-0.39, 0.29) is 0 Å². The summed E-state index contributed by atoms with van der Waals surface area (Å²) in [6, 6.07) is 10.6. The molecule has 1 N–H and O–H groups in total. The summed E-state index contributed by atoms with van der Waals surface area (Å²) in [5, 5.41) is 12.1. The minimum absolute atomic E-state index is 0.352. The van der Waals surface area contributed by atoms with Crippen molar-refractivity contribution in [1.29, 1.82) is 0 Å². The van der Waals surface area contributed by atoms with E-state index in [4.69, 9.17) is 0 Å². The van der Waals surface area contributed by atoms with Gasteiger partial charge in [0.15, 0.2) is 0 Å². The monoisotopic (exact) mass is 284 g/mol. The summed E-state index contributed by atoms with van der Waals surface area (Å²) in [5.74, 6) is 0.694. The Morgan fingerprint density at radius 1 is 1.19 bits per heavy atom. The fourth-order valence-electron chi connectivity index (χ4n) is 3.43. The largest absolute Gasteiger partial charge is 0.309 e. The van der Waals surface area contributed by atoms with Gasteiger partial charge in [-0.2, -0.15) is 0 Å². The van der Waals surface area contributed by atoms with E-state index in [1.165, 1.54) is 37.8 Å². The Balaban J connectivity index is 1.91. The fourth-order valence-corrected chi connectivity index (χ4v) is 3.43. The Morgan fingerprint density at radius 3 is 2.67 bits per heavy atom. The highest BCUT2D eigenvalue weighted by Crippen LogP contribution is 2.34. The van der Waals surface area contributed by atoms with Crippen molar-refractivity contribution in [1.82, 2.24) is 20.3 Å². The summed E-state index contributed by atoms with van der Waals surface area (Å²) in [7, 11) is 0. The normalized spacial score (nSPS) is 17.8. The highest BCUT2D eigenvalue weighted by atomic mass is 15.4. The van der Waals surface area contributed by atoms with Gasteiger partial charge in [0.2, 0.25) is 0 Å². The molecule has 0 bridgehead atoms. The molecule has 0 radical (unpaired) electrons. The van der Waals surface area contributed by atoms with Gasteiger partial charge in [0.1, 0.15) is 0 Å². The number of rotatable bonds is 5. The molecule has 2 aromatic rings. The van der Waals surface area contributed by atoms with Crippen molar-refractivity contribution < 1.29 is 0 Å². The maximum atomic E-state index is 4.31. The summed E-state index contributed by atoms with van der Waals surface area (Å²) >= 11 is 0. The molecule has 1 saturated carbocycles. The first-order valence-corrected chi connectivity index (χ1v) is 8.09. The van der Waals surface area contributed by atoms with E-state index in [2.05, 4.69) is 34.7 Å². The number of hydrogen-bond acceptors (Lipinski definition) is 3. The van der Waals surface area contributed by atoms with Gasteiger partial charge in [0.25, 0.3) is 0 Å². The Hall–Kier alpha value is -1.68. The molecule has 1 aliphatic rings. The number of nitrogens with zero attached hydrogens (tertiary/aromatic N) is 3. The molecule has 0 amide bonds. The molecule has 0 spiro atoms. The molecule has 1 unspecified atom stereocenters. The van der Waals surface area contributed by atoms with Crippen LogP contribution in [-0.2, 0) is 0 Å². The second kappa shape index (κ2) is 6.85. The first-order valence-electron chi connectivity index (χ1n) is 8.09. The molecule has 1 heterocycles. The van der Waals surface area contributed by atoms with Gasteiger partial charge in [-0.15, -0.1) is 5.10 Å². The molecule has 4 heteroatoms. The van der Waals surface area contributed by atoms with Crippen LogP contribution in [-0.4, -0.2) is 21.5 Å². The lowest BCUT2D eigenvalue weighted by atomic mass is 9.82. The summed E-state index contributed by atoms with van der Waals surface area (Å²) < 4.78 is 1.99. The van der Waals surface area contributed by atoms with Gasteiger partial charge in [-0.3, -0.25) is 0 Å². The molecule has 1 fully saturated rings. The van der Waals surface area contributed by atoms with E-state index >= 15 is 0 Å². The van der Waals surface area contributed by atoms with E-state index in [1.807, 2.05) is 29.1 Å². The lowest BCUT2D eigenvalue weighted by Gasteiger charge is -2.30. The van der Waals surface area contributed by atoms with Gasteiger partial charge in [-0.1, -0.05) is 49.6 Å². The van der Waals surface area contributed by atoms with Crippen LogP contribution in [0.2, 0.25) is 0 Å². The van der Waals surface area contributed by atoms with Crippen LogP contribution < -0.4 is 5.32 Å². The van der Waals surface area contributed by atoms with E-state index in [0.717, 1.165) is 12.2 Å². The molecular formula is C17H24N4. The summed E-state index contributed by atoms with van der Waals surface area (Å²) in [6.45, 7) is 3.15. The highest BCUT2D eigenvalue weighted by Gasteiger charge is 2.27. The van der Waals surface area contributed by atoms with Crippen LogP contribution in [0.25, 0.3) is 5.69 Å². The topological polar surface area (TPSA) is 42.7 Å². The van der Waals surface area contributed by atoms with Crippen molar-refractivity contribution in [2.24, 2.45) is 5.92 Å². The molecule has 1 aromatic carbocycles. The minimum atomic E-state index is 0.352. The summed E-state index contributed by atoms with van der Waals surface area (Å²) in [5.41, 5.74) is 2.28. The average molecular weight is 284 g/mol. The predicted octanol–water partition coefficient (Wildman–Crippen LogP) is 3.50. The van der Waals surface area contributed by atoms with Crippen LogP contribution in [0.3, 0.4) is 0 Å². The van der Waals surface area contributed by atoms with Crippen LogP contribution in [0.5, 0.6) is 0 Å². The standard InChI is InChI=1S/C17H24N4/c1-2-18-17(14-9-5-3-6-10-14)16-13-19-20-21(16)15-11-7-4-8-12-15/h4,7-8,11-14,17-18H,2-3,5-6,9-10H2,1H3. The zero-order chi connectivity index (χ0) is 14.5. The molecule has 4 nitrogen and oxygen atoms in total. The molecule has 21 heavy (non-hydrogen) atoms. The third-order valence-electron chi connectivity index (χ3n) is 4.44. The van der Waals surface area contributed by atoms with E-state index < -0.39 is 0 Å². The van der Waals surface area contributed by atoms with Gasteiger partial charge < -0.3 is 5.32 Å². The van der Waals surface area contributed by atoms with Crippen molar-refractivity contribution >= 4 is 0 Å². The molecular weight excluding hydrogens is 260 g/mol. The Kier molecular flexibility index (Phi) is 4.65. The maximum absolute atomic E-state index is 4.31. The van der Waals surface area contributed by atoms with Crippen molar-refractivity contribution in [2.45, 2.75) is 45.1 Å². The zero-order valence-corrected chi connectivity index (χ0v) is 12.7. The molecule has 112 valence electrons. The number of benzene rings is 1. The highest BCUT2D eigenvalue weighted by molar-refractivity contribution is 5.32. The SMILES string of the molecule is CCNC(c1cnnn1-c1ccccc1)C1CCCCC1. The predicted molar refractivity (Wildman–Crippen MR) is 84.4 cm³/mol. The summed E-state index contributed by atoms with van der Waals surface area (Å²) in [4.78, 5) is 0. The molecule has 0 aliphatic heterocycles. The summed E-state index contributed by atoms with van der Waals surface area (Å²) in [6.07, 6.45) is 8.61. The van der Waals surface area contributed by atoms with Crippen LogP contribution in [0, 0.1) is 5.92 Å². The number of aromatic nitrogens is 3. The van der Waals surface area contributed by atoms with Crippen LogP contribution in [0.1, 0.15) is 50.8 Å².